The molecule has 1 aromatic carbocycles. The van der Waals surface area contributed by atoms with Gasteiger partial charge in [-0.2, -0.15) is 0 Å². The number of anilines is 1. The number of carboxylic acid groups (broad SMARTS) is 1. The molecule has 1 heterocycles. The van der Waals surface area contributed by atoms with Crippen molar-refractivity contribution in [2.45, 2.75) is 0 Å². The van der Waals surface area contributed by atoms with E-state index < -0.39 is 5.97 Å². The number of rotatable bonds is 2. The van der Waals surface area contributed by atoms with E-state index in [-0.39, 0.29) is 11.3 Å². The zero-order valence-electron chi connectivity index (χ0n) is 8.07. The predicted molar refractivity (Wildman–Crippen MR) is 56.2 cm³/mol. The van der Waals surface area contributed by atoms with Crippen LogP contribution in [0.25, 0.3) is 10.9 Å². The fourth-order valence-corrected chi connectivity index (χ4v) is 1.64. The normalized spacial score (nSPS) is 10.5. The number of carboxylic acids is 1. The van der Waals surface area contributed by atoms with Crippen molar-refractivity contribution in [1.29, 1.82) is 0 Å². The van der Waals surface area contributed by atoms with Crippen LogP contribution in [0.5, 0.6) is 5.75 Å². The number of benzene rings is 1. The first kappa shape index (κ1) is 9.39. The van der Waals surface area contributed by atoms with E-state index in [2.05, 4.69) is 4.98 Å². The molecule has 0 aliphatic carbocycles. The average Bonchev–Trinajstić information content (AvgIpc) is 2.62. The quantitative estimate of drug-likeness (QED) is 0.649. The lowest BCUT2D eigenvalue weighted by Crippen LogP contribution is -2.04. The molecule has 5 heteroatoms. The van der Waals surface area contributed by atoms with Crippen LogP contribution in [0.3, 0.4) is 0 Å². The van der Waals surface area contributed by atoms with Gasteiger partial charge in [-0.05, 0) is 12.1 Å². The summed E-state index contributed by atoms with van der Waals surface area (Å²) >= 11 is 0. The number of aromatic amines is 1. The number of fused-ring (bicyclic) bond motifs is 1. The Bertz CT molecular complexity index is 531. The van der Waals surface area contributed by atoms with Gasteiger partial charge in [0.15, 0.2) is 5.75 Å². The third-order valence-electron chi connectivity index (χ3n) is 2.26. The molecule has 0 fully saturated rings. The number of ether oxygens (including phenoxy) is 1. The van der Waals surface area contributed by atoms with E-state index in [9.17, 15) is 4.79 Å². The summed E-state index contributed by atoms with van der Waals surface area (Å²) in [6, 6.07) is 3.33. The topological polar surface area (TPSA) is 88.3 Å². The molecule has 1 aromatic heterocycles. The molecule has 0 saturated heterocycles. The number of carbonyl (C=O) groups is 1. The van der Waals surface area contributed by atoms with Gasteiger partial charge in [0.25, 0.3) is 0 Å². The van der Waals surface area contributed by atoms with Crippen molar-refractivity contribution in [3.05, 3.63) is 23.9 Å². The van der Waals surface area contributed by atoms with Gasteiger partial charge < -0.3 is 20.6 Å². The molecule has 15 heavy (non-hydrogen) atoms. The van der Waals surface area contributed by atoms with Crippen molar-refractivity contribution in [3.63, 3.8) is 0 Å². The van der Waals surface area contributed by atoms with Crippen molar-refractivity contribution in [3.8, 4) is 5.75 Å². The number of nitrogen functional groups attached to an aromatic ring is 1. The first-order valence-corrected chi connectivity index (χ1v) is 4.32. The fraction of sp³-hybridized carbons (Fsp3) is 0.100. The van der Waals surface area contributed by atoms with Crippen LogP contribution < -0.4 is 10.5 Å². The van der Waals surface area contributed by atoms with Crippen LogP contribution in [0, 0.1) is 0 Å². The van der Waals surface area contributed by atoms with Crippen molar-refractivity contribution in [2.24, 2.45) is 0 Å². The van der Waals surface area contributed by atoms with Crippen LogP contribution in [-0.2, 0) is 0 Å². The number of nitrogens with two attached hydrogens (primary N) is 1. The molecule has 0 atom stereocenters. The molecule has 5 nitrogen and oxygen atoms in total. The molecule has 0 radical (unpaired) electrons. The van der Waals surface area contributed by atoms with Gasteiger partial charge in [0.1, 0.15) is 5.56 Å². The van der Waals surface area contributed by atoms with Crippen LogP contribution in [0.15, 0.2) is 18.3 Å². The lowest BCUT2D eigenvalue weighted by Gasteiger charge is -2.09. The number of methoxy groups -OCH3 is 1. The highest BCUT2D eigenvalue weighted by Crippen LogP contribution is 2.33. The first-order chi connectivity index (χ1) is 7.15. The van der Waals surface area contributed by atoms with E-state index in [0.29, 0.717) is 16.6 Å². The molecule has 2 aromatic rings. The molecular weight excluding hydrogens is 196 g/mol. The molecule has 78 valence electrons. The minimum Gasteiger partial charge on any atom is -0.494 e. The minimum atomic E-state index is -1.05. The maximum Gasteiger partial charge on any atom is 0.340 e. The Balaban J connectivity index is 2.90. The number of aromatic nitrogens is 1. The summed E-state index contributed by atoms with van der Waals surface area (Å²) in [5, 5.41) is 9.68. The summed E-state index contributed by atoms with van der Waals surface area (Å²) in [5.41, 5.74) is 6.77. The van der Waals surface area contributed by atoms with Gasteiger partial charge in [0, 0.05) is 17.1 Å². The smallest absolute Gasteiger partial charge is 0.340 e. The third kappa shape index (κ3) is 1.28. The first-order valence-electron chi connectivity index (χ1n) is 4.32. The standard InChI is InChI=1S/C10H10N2O3/c1-15-9-6(11)4-7-5(2-3-12-7)8(9)10(13)14/h2-4,12H,11H2,1H3,(H,13,14). The van der Waals surface area contributed by atoms with E-state index >= 15 is 0 Å². The Morgan fingerprint density at radius 1 is 1.60 bits per heavy atom. The summed E-state index contributed by atoms with van der Waals surface area (Å²) < 4.78 is 5.00. The van der Waals surface area contributed by atoms with Gasteiger partial charge in [0.2, 0.25) is 0 Å². The van der Waals surface area contributed by atoms with Crippen molar-refractivity contribution in [1.82, 2.24) is 4.98 Å². The number of hydrogen-bond acceptors (Lipinski definition) is 3. The summed E-state index contributed by atoms with van der Waals surface area (Å²) in [5.74, 6) is -0.849. The van der Waals surface area contributed by atoms with Crippen molar-refractivity contribution >= 4 is 22.6 Å². The number of hydrogen-bond donors (Lipinski definition) is 3. The Kier molecular flexibility index (Phi) is 2.00. The van der Waals surface area contributed by atoms with E-state index in [0.717, 1.165) is 0 Å². The Hall–Kier alpha value is -2.17. The van der Waals surface area contributed by atoms with Gasteiger partial charge >= 0.3 is 5.97 Å². The summed E-state index contributed by atoms with van der Waals surface area (Å²) in [6.45, 7) is 0. The zero-order chi connectivity index (χ0) is 11.0. The number of aromatic carboxylic acids is 1. The van der Waals surface area contributed by atoms with E-state index in [1.54, 1.807) is 18.3 Å². The summed E-state index contributed by atoms with van der Waals surface area (Å²) in [7, 11) is 1.40. The molecular formula is C10H10N2O3. The van der Waals surface area contributed by atoms with Crippen LogP contribution in [0.1, 0.15) is 10.4 Å². The maximum absolute atomic E-state index is 11.1. The van der Waals surface area contributed by atoms with Gasteiger partial charge in [-0.25, -0.2) is 4.79 Å². The van der Waals surface area contributed by atoms with E-state index in [1.807, 2.05) is 0 Å². The highest BCUT2D eigenvalue weighted by atomic mass is 16.5. The van der Waals surface area contributed by atoms with E-state index in [1.165, 1.54) is 7.11 Å². The van der Waals surface area contributed by atoms with Crippen LogP contribution in [0.2, 0.25) is 0 Å². The van der Waals surface area contributed by atoms with Gasteiger partial charge in [-0.1, -0.05) is 0 Å². The van der Waals surface area contributed by atoms with Crippen LogP contribution >= 0.6 is 0 Å². The molecule has 0 saturated carbocycles. The molecule has 0 aliphatic rings. The van der Waals surface area contributed by atoms with Gasteiger partial charge in [-0.15, -0.1) is 0 Å². The highest BCUT2D eigenvalue weighted by Gasteiger charge is 2.18. The molecule has 0 bridgehead atoms. The second-order valence-electron chi connectivity index (χ2n) is 3.12. The Labute approximate surface area is 85.5 Å². The zero-order valence-corrected chi connectivity index (χ0v) is 8.07. The van der Waals surface area contributed by atoms with Crippen LogP contribution in [-0.4, -0.2) is 23.2 Å². The Morgan fingerprint density at radius 3 is 2.93 bits per heavy atom. The summed E-state index contributed by atoms with van der Waals surface area (Å²) in [6.07, 6.45) is 1.66. The van der Waals surface area contributed by atoms with Crippen molar-refractivity contribution < 1.29 is 14.6 Å². The molecule has 0 amide bonds. The largest absolute Gasteiger partial charge is 0.494 e. The summed E-state index contributed by atoms with van der Waals surface area (Å²) in [4.78, 5) is 14.0. The Morgan fingerprint density at radius 2 is 2.33 bits per heavy atom. The number of H-pyrrole nitrogens is 1. The van der Waals surface area contributed by atoms with Crippen molar-refractivity contribution in [2.75, 3.05) is 12.8 Å². The molecule has 0 unspecified atom stereocenters. The molecule has 4 N–H and O–H groups in total. The maximum atomic E-state index is 11.1. The predicted octanol–water partition coefficient (Wildman–Crippen LogP) is 1.46. The number of nitrogens with one attached hydrogen (secondary N) is 1. The van der Waals surface area contributed by atoms with Crippen LogP contribution in [0.4, 0.5) is 5.69 Å². The fourth-order valence-electron chi connectivity index (χ4n) is 1.64. The minimum absolute atomic E-state index is 0.0914. The van der Waals surface area contributed by atoms with Gasteiger partial charge in [-0.3, -0.25) is 0 Å². The SMILES string of the molecule is COc1c(N)cc2[nH]ccc2c1C(=O)O. The molecule has 0 spiro atoms. The molecule has 2 rings (SSSR count). The van der Waals surface area contributed by atoms with Gasteiger partial charge in [0.05, 0.1) is 12.8 Å². The second-order valence-corrected chi connectivity index (χ2v) is 3.12. The highest BCUT2D eigenvalue weighted by molar-refractivity contribution is 6.07. The lowest BCUT2D eigenvalue weighted by molar-refractivity contribution is 0.0695. The third-order valence-corrected chi connectivity index (χ3v) is 2.26. The average molecular weight is 206 g/mol. The molecule has 0 aliphatic heterocycles. The lowest BCUT2D eigenvalue weighted by atomic mass is 10.1. The monoisotopic (exact) mass is 206 g/mol. The second kappa shape index (κ2) is 3.20. The van der Waals surface area contributed by atoms with E-state index in [4.69, 9.17) is 15.6 Å².